The number of fused-ring (bicyclic) bond motifs is 1. The molecule has 4 atom stereocenters. The number of anilines is 1. The van der Waals surface area contributed by atoms with Crippen LogP contribution in [0.15, 0.2) is 55.0 Å². The first kappa shape index (κ1) is 42.7. The maximum absolute atomic E-state index is 13.0. The maximum Gasteiger partial charge on any atom is 0.336 e. The SMILES string of the molecule is COCCOC1(C(=O)O)CCC(c2cc(N(COCC[Si](C)(C)C)COCC[Si](C)(C)C)n3ncc(-c4cnn(-c5ccccc5)c4)c3n2)CC1C(C)OC. The van der Waals surface area contributed by atoms with Crippen molar-refractivity contribution in [2.45, 2.75) is 95.2 Å². The highest BCUT2D eigenvalue weighted by molar-refractivity contribution is 6.76. The highest BCUT2D eigenvalue weighted by Crippen LogP contribution is 2.46. The molecule has 1 saturated carbocycles. The van der Waals surface area contributed by atoms with Gasteiger partial charge in [0.05, 0.1) is 37.4 Å². The van der Waals surface area contributed by atoms with Gasteiger partial charge in [0.2, 0.25) is 0 Å². The summed E-state index contributed by atoms with van der Waals surface area (Å²) in [4.78, 5) is 20.4. The van der Waals surface area contributed by atoms with Crippen molar-refractivity contribution in [2.24, 2.45) is 5.92 Å². The maximum atomic E-state index is 13.0. The second-order valence-corrected chi connectivity index (χ2v) is 28.4. The Morgan fingerprint density at radius 1 is 0.964 bits per heavy atom. The lowest BCUT2D eigenvalue weighted by atomic mass is 9.67. The fourth-order valence-corrected chi connectivity index (χ4v) is 8.58. The summed E-state index contributed by atoms with van der Waals surface area (Å²) in [5, 5.41) is 20.2. The predicted molar refractivity (Wildman–Crippen MR) is 221 cm³/mol. The van der Waals surface area contributed by atoms with Gasteiger partial charge in [0, 0.05) is 84.5 Å². The van der Waals surface area contributed by atoms with Crippen molar-refractivity contribution in [3.8, 4) is 16.8 Å². The first-order valence-corrected chi connectivity index (χ1v) is 26.9. The summed E-state index contributed by atoms with van der Waals surface area (Å²) in [5.41, 5.74) is 2.78. The molecule has 15 heteroatoms. The lowest BCUT2D eigenvalue weighted by Gasteiger charge is -2.45. The standard InChI is InChI=1S/C40H62N6O7Si2/c1-30(50-3)35-23-31(15-16-40(35,39(47)48)53-18-17-49-2)36-24-37(44(28-51-19-21-54(4,5)6)29-52-20-22-55(7,8)9)46-38(43-36)34(26-42-46)32-25-41-45(27-32)33-13-11-10-12-14-33/h10-14,24-27,30-31,35H,15-23,28-29H2,1-9H3,(H,47,48). The molecule has 3 heterocycles. The van der Waals surface area contributed by atoms with Crippen LogP contribution in [0, 0.1) is 5.92 Å². The molecule has 13 nitrogen and oxygen atoms in total. The van der Waals surface area contributed by atoms with Crippen LogP contribution in [0.3, 0.4) is 0 Å². The van der Waals surface area contributed by atoms with Crippen LogP contribution in [0.4, 0.5) is 5.82 Å². The Kier molecular flexibility index (Phi) is 14.5. The number of rotatable bonds is 21. The van der Waals surface area contributed by atoms with Crippen molar-refractivity contribution in [3.05, 3.63) is 60.7 Å². The Hall–Kier alpha value is -3.45. The Morgan fingerprint density at radius 3 is 2.24 bits per heavy atom. The summed E-state index contributed by atoms with van der Waals surface area (Å²) in [6.45, 7) is 18.4. The van der Waals surface area contributed by atoms with Gasteiger partial charge >= 0.3 is 5.97 Å². The van der Waals surface area contributed by atoms with Crippen molar-refractivity contribution in [1.29, 1.82) is 0 Å². The molecular formula is C40H62N6O7Si2. The molecule has 0 aliphatic heterocycles. The molecule has 1 fully saturated rings. The molecule has 55 heavy (non-hydrogen) atoms. The van der Waals surface area contributed by atoms with Gasteiger partial charge in [-0.1, -0.05) is 57.5 Å². The van der Waals surface area contributed by atoms with Crippen LogP contribution < -0.4 is 4.90 Å². The van der Waals surface area contributed by atoms with Crippen LogP contribution in [0.5, 0.6) is 0 Å². The Bertz CT molecular complexity index is 1800. The summed E-state index contributed by atoms with van der Waals surface area (Å²) in [6.07, 6.45) is 6.66. The minimum absolute atomic E-state index is 0.0814. The van der Waals surface area contributed by atoms with Crippen LogP contribution in [-0.2, 0) is 28.5 Å². The van der Waals surface area contributed by atoms with E-state index in [1.165, 1.54) is 0 Å². The second kappa shape index (κ2) is 18.7. The Labute approximate surface area is 328 Å². The molecule has 1 aromatic carbocycles. The second-order valence-electron chi connectivity index (χ2n) is 17.1. The molecule has 0 radical (unpaired) electrons. The number of ether oxygens (including phenoxy) is 5. The van der Waals surface area contributed by atoms with E-state index in [4.69, 9.17) is 33.8 Å². The number of nitrogens with zero attached hydrogens (tertiary/aromatic N) is 6. The fourth-order valence-electron chi connectivity index (χ4n) is 7.07. The minimum atomic E-state index is -1.41. The highest BCUT2D eigenvalue weighted by Gasteiger charge is 2.53. The first-order chi connectivity index (χ1) is 26.2. The zero-order valence-corrected chi connectivity index (χ0v) is 36.3. The smallest absolute Gasteiger partial charge is 0.336 e. The van der Waals surface area contributed by atoms with E-state index in [9.17, 15) is 9.90 Å². The molecule has 1 aliphatic carbocycles. The molecule has 0 spiro atoms. The van der Waals surface area contributed by atoms with Crippen molar-refractivity contribution in [2.75, 3.05) is 59.0 Å². The molecule has 5 rings (SSSR count). The minimum Gasteiger partial charge on any atom is -0.479 e. The monoisotopic (exact) mass is 794 g/mol. The lowest BCUT2D eigenvalue weighted by Crippen LogP contribution is -2.55. The van der Waals surface area contributed by atoms with Gasteiger partial charge in [-0.2, -0.15) is 14.7 Å². The van der Waals surface area contributed by atoms with E-state index in [2.05, 4.69) is 55.3 Å². The summed E-state index contributed by atoms with van der Waals surface area (Å²) in [7, 11) is 0.566. The molecule has 302 valence electrons. The normalized spacial score (nSPS) is 19.9. The van der Waals surface area contributed by atoms with Gasteiger partial charge in [-0.15, -0.1) is 0 Å². The average molecular weight is 795 g/mol. The quantitative estimate of drug-likeness (QED) is 0.0513. The van der Waals surface area contributed by atoms with E-state index in [-0.39, 0.29) is 18.6 Å². The van der Waals surface area contributed by atoms with E-state index < -0.39 is 33.6 Å². The van der Waals surface area contributed by atoms with Gasteiger partial charge in [0.25, 0.3) is 0 Å². The summed E-state index contributed by atoms with van der Waals surface area (Å²) in [5.74, 6) is -0.704. The molecule has 4 aromatic rings. The molecule has 0 bridgehead atoms. The molecule has 0 saturated heterocycles. The number of aromatic nitrogens is 5. The summed E-state index contributed by atoms with van der Waals surface area (Å²) >= 11 is 0. The van der Waals surface area contributed by atoms with E-state index in [1.807, 2.05) is 65.0 Å². The van der Waals surface area contributed by atoms with Crippen molar-refractivity contribution < 1.29 is 33.6 Å². The molecule has 0 amide bonds. The molecule has 4 unspecified atom stereocenters. The summed E-state index contributed by atoms with van der Waals surface area (Å²) < 4.78 is 33.7. The van der Waals surface area contributed by atoms with Crippen molar-refractivity contribution in [3.63, 3.8) is 0 Å². The number of carbonyl (C=O) groups is 1. The Morgan fingerprint density at radius 2 is 1.64 bits per heavy atom. The third-order valence-electron chi connectivity index (χ3n) is 10.6. The van der Waals surface area contributed by atoms with Crippen molar-refractivity contribution >= 4 is 33.6 Å². The fraction of sp³-hybridized carbons (Fsp3) is 0.600. The number of aliphatic carboxylic acids is 1. The topological polar surface area (TPSA) is 135 Å². The highest BCUT2D eigenvalue weighted by atomic mass is 28.3. The molecular weight excluding hydrogens is 733 g/mol. The number of para-hydroxylation sites is 1. The average Bonchev–Trinajstić information content (AvgIpc) is 3.81. The van der Waals surface area contributed by atoms with Gasteiger partial charge in [-0.25, -0.2) is 14.5 Å². The number of carboxylic acids is 1. The van der Waals surface area contributed by atoms with Gasteiger partial charge in [0.15, 0.2) is 11.2 Å². The third kappa shape index (κ3) is 10.9. The largest absolute Gasteiger partial charge is 0.479 e. The summed E-state index contributed by atoms with van der Waals surface area (Å²) in [6, 6.07) is 14.2. The van der Waals surface area contributed by atoms with E-state index in [0.29, 0.717) is 58.2 Å². The lowest BCUT2D eigenvalue weighted by molar-refractivity contribution is -0.193. The van der Waals surface area contributed by atoms with Gasteiger partial charge in [-0.05, 0) is 50.4 Å². The van der Waals surface area contributed by atoms with E-state index in [0.717, 1.165) is 40.4 Å². The number of hydrogen-bond acceptors (Lipinski definition) is 10. The number of hydrogen-bond donors (Lipinski definition) is 1. The van der Waals surface area contributed by atoms with Gasteiger partial charge in [0.1, 0.15) is 19.3 Å². The van der Waals surface area contributed by atoms with Crippen LogP contribution >= 0.6 is 0 Å². The number of benzene rings is 1. The van der Waals surface area contributed by atoms with Gasteiger partial charge < -0.3 is 33.7 Å². The predicted octanol–water partition coefficient (Wildman–Crippen LogP) is 7.42. The molecule has 1 N–H and O–H groups in total. The van der Waals surface area contributed by atoms with Crippen LogP contribution in [-0.4, -0.2) is 117 Å². The third-order valence-corrected chi connectivity index (χ3v) is 14.0. The number of methoxy groups -OCH3 is 2. The molecule has 3 aromatic heterocycles. The van der Waals surface area contributed by atoms with Crippen molar-refractivity contribution in [1.82, 2.24) is 24.4 Å². The Balaban J connectivity index is 1.58. The zero-order chi connectivity index (χ0) is 39.8. The van der Waals surface area contributed by atoms with Crippen LogP contribution in [0.25, 0.3) is 22.5 Å². The first-order valence-electron chi connectivity index (χ1n) is 19.4. The van der Waals surface area contributed by atoms with Crippen LogP contribution in [0.1, 0.15) is 37.8 Å². The molecule has 1 aliphatic rings. The van der Waals surface area contributed by atoms with E-state index >= 15 is 0 Å². The van der Waals surface area contributed by atoms with E-state index in [1.54, 1.807) is 14.2 Å². The zero-order valence-electron chi connectivity index (χ0n) is 34.3. The van der Waals surface area contributed by atoms with Crippen LogP contribution in [0.2, 0.25) is 51.4 Å². The van der Waals surface area contributed by atoms with Gasteiger partial charge in [-0.3, -0.25) is 0 Å². The number of carboxylic acid groups (broad SMARTS) is 1.